The highest BCUT2D eigenvalue weighted by Gasteiger charge is 2.00. The van der Waals surface area contributed by atoms with Gasteiger partial charge in [0.2, 0.25) is 0 Å². The van der Waals surface area contributed by atoms with Crippen molar-refractivity contribution in [2.24, 2.45) is 5.73 Å². The molecule has 2 N–H and O–H groups in total. The first-order valence-electron chi connectivity index (χ1n) is 4.58. The van der Waals surface area contributed by atoms with Crippen molar-refractivity contribution in [3.63, 3.8) is 0 Å². The molecule has 0 atom stereocenters. The Morgan fingerprint density at radius 1 is 1.33 bits per heavy atom. The molecule has 0 unspecified atom stereocenters. The average Bonchev–Trinajstić information content (AvgIpc) is 2.27. The van der Waals surface area contributed by atoms with Crippen molar-refractivity contribution >= 4 is 28.6 Å². The van der Waals surface area contributed by atoms with Crippen LogP contribution in [-0.4, -0.2) is 16.5 Å². The molecule has 0 aliphatic heterocycles. The Bertz CT molecular complexity index is 508. The summed E-state index contributed by atoms with van der Waals surface area (Å²) in [5.74, 6) is 0. The zero-order valence-electron chi connectivity index (χ0n) is 8.02. The third-order valence-corrected chi connectivity index (χ3v) is 2.36. The lowest BCUT2D eigenvalue weighted by molar-refractivity contribution is 1.22. The molecule has 0 bridgehead atoms. The Morgan fingerprint density at radius 3 is 3.00 bits per heavy atom. The summed E-state index contributed by atoms with van der Waals surface area (Å²) in [5, 5.41) is 1.33. The molecule has 0 saturated carbocycles. The number of rotatable bonds is 2. The Balaban J connectivity index is 2.54. The van der Waals surface area contributed by atoms with Gasteiger partial charge in [0.05, 0.1) is 5.52 Å². The van der Waals surface area contributed by atoms with E-state index in [1.54, 1.807) is 0 Å². The van der Waals surface area contributed by atoms with Crippen LogP contribution in [0.25, 0.3) is 17.0 Å². The van der Waals surface area contributed by atoms with Crippen LogP contribution in [0.4, 0.5) is 0 Å². The van der Waals surface area contributed by atoms with Crippen LogP contribution in [0.15, 0.2) is 30.6 Å². The van der Waals surface area contributed by atoms with Crippen LogP contribution in [0.5, 0.6) is 0 Å². The zero-order chi connectivity index (χ0) is 10.7. The monoisotopic (exact) mass is 219 g/mol. The first-order valence-corrected chi connectivity index (χ1v) is 4.96. The fraction of sp³-hybridized carbons (Fsp3) is 0.0909. The molecule has 0 spiro atoms. The molecule has 1 aromatic heterocycles. The van der Waals surface area contributed by atoms with Gasteiger partial charge in [-0.1, -0.05) is 29.8 Å². The molecular weight excluding hydrogens is 210 g/mol. The van der Waals surface area contributed by atoms with Crippen LogP contribution in [0, 0.1) is 0 Å². The average molecular weight is 220 g/mol. The molecule has 1 heterocycles. The second-order valence-electron chi connectivity index (χ2n) is 3.08. The number of nitrogens with two attached hydrogens (primary N) is 1. The van der Waals surface area contributed by atoms with E-state index >= 15 is 0 Å². The second kappa shape index (κ2) is 4.38. The molecule has 76 valence electrons. The van der Waals surface area contributed by atoms with Crippen molar-refractivity contribution in [3.05, 3.63) is 41.3 Å². The standard InChI is InChI=1S/C11H10ClN3/c12-11-9-6-8(2-1-5-13)3-4-10(9)14-7-15-11/h1-4,6-7H,5,13H2. The lowest BCUT2D eigenvalue weighted by Crippen LogP contribution is -1.92. The fourth-order valence-corrected chi connectivity index (χ4v) is 1.55. The van der Waals surface area contributed by atoms with Crippen LogP contribution in [0.2, 0.25) is 5.15 Å². The number of hydrogen-bond acceptors (Lipinski definition) is 3. The fourth-order valence-electron chi connectivity index (χ4n) is 1.35. The van der Waals surface area contributed by atoms with Gasteiger partial charge in [-0.15, -0.1) is 0 Å². The summed E-state index contributed by atoms with van der Waals surface area (Å²) in [7, 11) is 0. The number of halogens is 1. The van der Waals surface area contributed by atoms with Crippen molar-refractivity contribution in [3.8, 4) is 0 Å². The highest BCUT2D eigenvalue weighted by Crippen LogP contribution is 2.20. The Labute approximate surface area is 92.6 Å². The third kappa shape index (κ3) is 2.14. The minimum absolute atomic E-state index is 0.475. The molecule has 3 nitrogen and oxygen atoms in total. The number of hydrogen-bond donors (Lipinski definition) is 1. The van der Waals surface area contributed by atoms with E-state index in [9.17, 15) is 0 Å². The van der Waals surface area contributed by atoms with E-state index in [4.69, 9.17) is 17.3 Å². The van der Waals surface area contributed by atoms with E-state index in [1.807, 2.05) is 30.4 Å². The van der Waals surface area contributed by atoms with E-state index in [2.05, 4.69) is 9.97 Å². The van der Waals surface area contributed by atoms with E-state index < -0.39 is 0 Å². The highest BCUT2D eigenvalue weighted by molar-refractivity contribution is 6.34. The molecular formula is C11H10ClN3. The van der Waals surface area contributed by atoms with Crippen molar-refractivity contribution in [1.82, 2.24) is 9.97 Å². The summed E-state index contributed by atoms with van der Waals surface area (Å²) in [5.41, 5.74) is 7.27. The van der Waals surface area contributed by atoms with Gasteiger partial charge >= 0.3 is 0 Å². The maximum Gasteiger partial charge on any atom is 0.140 e. The first kappa shape index (κ1) is 10.1. The van der Waals surface area contributed by atoms with Crippen molar-refractivity contribution < 1.29 is 0 Å². The second-order valence-corrected chi connectivity index (χ2v) is 3.44. The maximum absolute atomic E-state index is 5.96. The molecule has 0 aliphatic carbocycles. The van der Waals surface area contributed by atoms with Gasteiger partial charge < -0.3 is 5.73 Å². The normalized spacial score (nSPS) is 11.3. The Morgan fingerprint density at radius 2 is 2.20 bits per heavy atom. The van der Waals surface area contributed by atoms with Crippen molar-refractivity contribution in [1.29, 1.82) is 0 Å². The van der Waals surface area contributed by atoms with Crippen LogP contribution in [0.1, 0.15) is 5.56 Å². The molecule has 0 fully saturated rings. The summed E-state index contributed by atoms with van der Waals surface area (Å²) >= 11 is 5.96. The number of nitrogens with zero attached hydrogens (tertiary/aromatic N) is 2. The Kier molecular flexibility index (Phi) is 2.94. The molecule has 0 radical (unpaired) electrons. The van der Waals surface area contributed by atoms with E-state index in [1.165, 1.54) is 6.33 Å². The largest absolute Gasteiger partial charge is 0.327 e. The minimum atomic E-state index is 0.475. The van der Waals surface area contributed by atoms with Gasteiger partial charge in [-0.2, -0.15) is 0 Å². The van der Waals surface area contributed by atoms with Gasteiger partial charge in [0, 0.05) is 11.9 Å². The Hall–Kier alpha value is -1.45. The SMILES string of the molecule is NCC=Cc1ccc2ncnc(Cl)c2c1. The van der Waals surface area contributed by atoms with Gasteiger partial charge in [0.1, 0.15) is 11.5 Å². The van der Waals surface area contributed by atoms with Crippen molar-refractivity contribution in [2.75, 3.05) is 6.54 Å². The van der Waals surface area contributed by atoms with E-state index in [0.29, 0.717) is 11.7 Å². The molecule has 1 aromatic carbocycles. The van der Waals surface area contributed by atoms with Crippen molar-refractivity contribution in [2.45, 2.75) is 0 Å². The van der Waals surface area contributed by atoms with Gasteiger partial charge in [-0.3, -0.25) is 0 Å². The van der Waals surface area contributed by atoms with Gasteiger partial charge in [-0.05, 0) is 17.7 Å². The minimum Gasteiger partial charge on any atom is -0.327 e. The van der Waals surface area contributed by atoms with E-state index in [0.717, 1.165) is 16.5 Å². The molecule has 0 amide bonds. The first-order chi connectivity index (χ1) is 7.31. The highest BCUT2D eigenvalue weighted by atomic mass is 35.5. The van der Waals surface area contributed by atoms with Gasteiger partial charge in [0.25, 0.3) is 0 Å². The summed E-state index contributed by atoms with van der Waals surface area (Å²) in [6.07, 6.45) is 5.29. The molecule has 0 aliphatic rings. The number of benzene rings is 1. The third-order valence-electron chi connectivity index (χ3n) is 2.06. The molecule has 4 heteroatoms. The predicted octanol–water partition coefficient (Wildman–Crippen LogP) is 2.26. The summed E-state index contributed by atoms with van der Waals surface area (Å²) in [6, 6.07) is 5.83. The summed E-state index contributed by atoms with van der Waals surface area (Å²) in [6.45, 7) is 0.525. The number of fused-ring (bicyclic) bond motifs is 1. The topological polar surface area (TPSA) is 51.8 Å². The van der Waals surface area contributed by atoms with Gasteiger partial charge in [0.15, 0.2) is 0 Å². The van der Waals surface area contributed by atoms with Crippen LogP contribution in [-0.2, 0) is 0 Å². The molecule has 0 saturated heterocycles. The van der Waals surface area contributed by atoms with Crippen LogP contribution in [0.3, 0.4) is 0 Å². The van der Waals surface area contributed by atoms with Crippen LogP contribution < -0.4 is 5.73 Å². The summed E-state index contributed by atoms with van der Waals surface area (Å²) < 4.78 is 0. The lowest BCUT2D eigenvalue weighted by atomic mass is 10.1. The lowest BCUT2D eigenvalue weighted by Gasteiger charge is -1.99. The predicted molar refractivity (Wildman–Crippen MR) is 62.6 cm³/mol. The quantitative estimate of drug-likeness (QED) is 0.789. The van der Waals surface area contributed by atoms with E-state index in [-0.39, 0.29) is 0 Å². The number of aromatic nitrogens is 2. The smallest absolute Gasteiger partial charge is 0.140 e. The zero-order valence-corrected chi connectivity index (χ0v) is 8.78. The maximum atomic E-state index is 5.96. The summed E-state index contributed by atoms with van der Waals surface area (Å²) in [4.78, 5) is 8.05. The van der Waals surface area contributed by atoms with Gasteiger partial charge in [-0.25, -0.2) is 9.97 Å². The molecule has 2 rings (SSSR count). The molecule has 15 heavy (non-hydrogen) atoms. The molecule has 2 aromatic rings. The van der Waals surface area contributed by atoms with Crippen LogP contribution >= 0.6 is 11.6 Å².